The number of hydrogen-bond acceptors (Lipinski definition) is 4. The Kier molecular flexibility index (Phi) is 5.64. The molecule has 1 atom stereocenters. The fourth-order valence-electron chi connectivity index (χ4n) is 3.17. The average molecular weight is 368 g/mol. The predicted octanol–water partition coefficient (Wildman–Crippen LogP) is 2.86. The van der Waals surface area contributed by atoms with Gasteiger partial charge in [-0.15, -0.1) is 0 Å². The Hall–Kier alpha value is -3.02. The number of rotatable bonds is 6. The van der Waals surface area contributed by atoms with E-state index < -0.39 is 6.10 Å². The highest BCUT2D eigenvalue weighted by Crippen LogP contribution is 2.33. The van der Waals surface area contributed by atoms with Crippen LogP contribution in [0.3, 0.4) is 0 Å². The summed E-state index contributed by atoms with van der Waals surface area (Å²) < 4.78 is 11.0. The molecular formula is C21H24N2O4. The van der Waals surface area contributed by atoms with Crippen molar-refractivity contribution in [2.75, 3.05) is 25.6 Å². The summed E-state index contributed by atoms with van der Waals surface area (Å²) in [6, 6.07) is 15.0. The maximum atomic E-state index is 12.6. The molecule has 0 saturated heterocycles. The van der Waals surface area contributed by atoms with Gasteiger partial charge in [-0.3, -0.25) is 9.59 Å². The van der Waals surface area contributed by atoms with Crippen molar-refractivity contribution in [2.45, 2.75) is 26.0 Å². The van der Waals surface area contributed by atoms with Gasteiger partial charge in [0, 0.05) is 32.1 Å². The van der Waals surface area contributed by atoms with E-state index in [0.717, 1.165) is 11.3 Å². The predicted molar refractivity (Wildman–Crippen MR) is 103 cm³/mol. The second-order valence-electron chi connectivity index (χ2n) is 6.53. The molecule has 0 bridgehead atoms. The molecule has 0 saturated carbocycles. The minimum atomic E-state index is -0.554. The molecule has 27 heavy (non-hydrogen) atoms. The highest BCUT2D eigenvalue weighted by Gasteiger charge is 2.31. The number of hydrogen-bond donors (Lipinski definition) is 0. The third-order valence-electron chi connectivity index (χ3n) is 4.65. The Morgan fingerprint density at radius 2 is 1.89 bits per heavy atom. The second-order valence-corrected chi connectivity index (χ2v) is 6.53. The maximum absolute atomic E-state index is 12.6. The molecular weight excluding hydrogens is 344 g/mol. The normalized spacial score (nSPS) is 15.7. The maximum Gasteiger partial charge on any atom is 0.267 e. The molecule has 142 valence electrons. The Labute approximate surface area is 159 Å². The summed E-state index contributed by atoms with van der Waals surface area (Å²) in [6.07, 6.45) is -0.320. The highest BCUT2D eigenvalue weighted by molar-refractivity contribution is 6.00. The van der Waals surface area contributed by atoms with Crippen molar-refractivity contribution in [3.05, 3.63) is 54.1 Å². The average Bonchev–Trinajstić information content (AvgIpc) is 2.68. The van der Waals surface area contributed by atoms with Crippen molar-refractivity contribution < 1.29 is 19.1 Å². The van der Waals surface area contributed by atoms with Crippen molar-refractivity contribution in [3.8, 4) is 11.5 Å². The molecule has 6 heteroatoms. The van der Waals surface area contributed by atoms with E-state index in [1.54, 1.807) is 30.9 Å². The van der Waals surface area contributed by atoms with Gasteiger partial charge in [0.1, 0.15) is 11.5 Å². The van der Waals surface area contributed by atoms with Gasteiger partial charge in [0.05, 0.1) is 12.8 Å². The summed E-state index contributed by atoms with van der Waals surface area (Å²) in [5.41, 5.74) is 1.65. The molecule has 0 unspecified atom stereocenters. The number of para-hydroxylation sites is 3. The monoisotopic (exact) mass is 368 g/mol. The zero-order valence-electron chi connectivity index (χ0n) is 15.8. The molecule has 1 heterocycles. The van der Waals surface area contributed by atoms with Crippen LogP contribution < -0.4 is 14.4 Å². The number of ether oxygens (including phenoxy) is 2. The van der Waals surface area contributed by atoms with Crippen LogP contribution in [0.25, 0.3) is 0 Å². The molecule has 1 aliphatic heterocycles. The summed E-state index contributed by atoms with van der Waals surface area (Å²) in [4.78, 5) is 28.4. The first-order valence-electron chi connectivity index (χ1n) is 8.94. The van der Waals surface area contributed by atoms with Gasteiger partial charge in [-0.1, -0.05) is 30.3 Å². The summed E-state index contributed by atoms with van der Waals surface area (Å²) in [6.45, 7) is 2.49. The summed E-state index contributed by atoms with van der Waals surface area (Å²) in [5, 5.41) is 0. The molecule has 0 radical (unpaired) electrons. The Balaban J connectivity index is 1.65. The van der Waals surface area contributed by atoms with Crippen LogP contribution in [0.4, 0.5) is 5.69 Å². The number of methoxy groups -OCH3 is 1. The van der Waals surface area contributed by atoms with E-state index in [0.29, 0.717) is 24.5 Å². The lowest BCUT2D eigenvalue weighted by Crippen LogP contribution is -2.45. The van der Waals surface area contributed by atoms with Gasteiger partial charge >= 0.3 is 0 Å². The number of nitrogens with zero attached hydrogens (tertiary/aromatic N) is 2. The van der Waals surface area contributed by atoms with Crippen molar-refractivity contribution in [2.24, 2.45) is 0 Å². The van der Waals surface area contributed by atoms with E-state index >= 15 is 0 Å². The molecule has 2 amide bonds. The fourth-order valence-corrected chi connectivity index (χ4v) is 3.17. The van der Waals surface area contributed by atoms with E-state index in [9.17, 15) is 9.59 Å². The van der Waals surface area contributed by atoms with Gasteiger partial charge < -0.3 is 19.3 Å². The molecule has 3 rings (SSSR count). The molecule has 2 aromatic rings. The molecule has 1 aliphatic rings. The van der Waals surface area contributed by atoms with Crippen molar-refractivity contribution in [3.63, 3.8) is 0 Å². The van der Waals surface area contributed by atoms with Crippen molar-refractivity contribution >= 4 is 17.5 Å². The number of fused-ring (bicyclic) bond motifs is 1. The lowest BCUT2D eigenvalue weighted by molar-refractivity contribution is -0.130. The van der Waals surface area contributed by atoms with Crippen LogP contribution in [0.2, 0.25) is 0 Å². The quantitative estimate of drug-likeness (QED) is 0.787. The first kappa shape index (κ1) is 18.8. The van der Waals surface area contributed by atoms with E-state index in [-0.39, 0.29) is 18.2 Å². The van der Waals surface area contributed by atoms with Crippen LogP contribution in [0.5, 0.6) is 11.5 Å². The van der Waals surface area contributed by atoms with Gasteiger partial charge in [-0.2, -0.15) is 0 Å². The Bertz CT molecular complexity index is 836. The number of carbonyl (C=O) groups is 2. The Morgan fingerprint density at radius 3 is 2.67 bits per heavy atom. The van der Waals surface area contributed by atoms with Crippen LogP contribution in [0.1, 0.15) is 18.9 Å². The van der Waals surface area contributed by atoms with Crippen molar-refractivity contribution in [1.29, 1.82) is 0 Å². The second kappa shape index (κ2) is 8.12. The lowest BCUT2D eigenvalue weighted by atomic mass is 10.1. The largest absolute Gasteiger partial charge is 0.496 e. The highest BCUT2D eigenvalue weighted by atomic mass is 16.5. The van der Waals surface area contributed by atoms with Crippen LogP contribution in [-0.4, -0.2) is 43.5 Å². The summed E-state index contributed by atoms with van der Waals surface area (Å²) in [5.74, 6) is 1.25. The topological polar surface area (TPSA) is 59.1 Å². The minimum Gasteiger partial charge on any atom is -0.496 e. The first-order chi connectivity index (χ1) is 13.0. The van der Waals surface area contributed by atoms with Crippen LogP contribution in [0.15, 0.2) is 48.5 Å². The lowest BCUT2D eigenvalue weighted by Gasteiger charge is -2.33. The van der Waals surface area contributed by atoms with Gasteiger partial charge in [-0.25, -0.2) is 0 Å². The fraction of sp³-hybridized carbons (Fsp3) is 0.333. The molecule has 0 aliphatic carbocycles. The SMILES string of the molecule is COc1ccccc1CN(C)C(=O)CCN1C(=O)[C@@H](C)Oc2ccccc21. The van der Waals surface area contributed by atoms with E-state index in [1.165, 1.54) is 0 Å². The summed E-state index contributed by atoms with van der Waals surface area (Å²) in [7, 11) is 3.37. The number of anilines is 1. The first-order valence-corrected chi connectivity index (χ1v) is 8.94. The molecule has 2 aromatic carbocycles. The molecule has 0 spiro atoms. The molecule has 0 N–H and O–H groups in total. The number of carbonyl (C=O) groups excluding carboxylic acids is 2. The van der Waals surface area contributed by atoms with Gasteiger partial charge in [0.25, 0.3) is 5.91 Å². The third kappa shape index (κ3) is 4.05. The minimum absolute atomic E-state index is 0.0367. The van der Waals surface area contributed by atoms with E-state index in [4.69, 9.17) is 9.47 Å². The van der Waals surface area contributed by atoms with E-state index in [1.807, 2.05) is 48.5 Å². The smallest absolute Gasteiger partial charge is 0.267 e. The van der Waals surface area contributed by atoms with Gasteiger partial charge in [0.15, 0.2) is 6.10 Å². The van der Waals surface area contributed by atoms with Crippen LogP contribution >= 0.6 is 0 Å². The number of benzene rings is 2. The van der Waals surface area contributed by atoms with E-state index in [2.05, 4.69) is 0 Å². The zero-order chi connectivity index (χ0) is 19.4. The van der Waals surface area contributed by atoms with Gasteiger partial charge in [-0.05, 0) is 25.1 Å². The van der Waals surface area contributed by atoms with Crippen LogP contribution in [-0.2, 0) is 16.1 Å². The molecule has 0 fully saturated rings. The van der Waals surface area contributed by atoms with Crippen LogP contribution in [0, 0.1) is 0 Å². The summed E-state index contributed by atoms with van der Waals surface area (Å²) >= 11 is 0. The van der Waals surface area contributed by atoms with Gasteiger partial charge in [0.2, 0.25) is 5.91 Å². The molecule has 0 aromatic heterocycles. The number of amides is 2. The van der Waals surface area contributed by atoms with Crippen molar-refractivity contribution in [1.82, 2.24) is 4.90 Å². The molecule has 6 nitrogen and oxygen atoms in total. The third-order valence-corrected chi connectivity index (χ3v) is 4.65. The Morgan fingerprint density at radius 1 is 1.19 bits per heavy atom. The standard InChI is InChI=1S/C21H24N2O4/c1-15-21(25)23(17-9-5-7-11-19(17)27-15)13-12-20(24)22(2)14-16-8-4-6-10-18(16)26-3/h4-11,15H,12-14H2,1-3H3/t15-/m1/s1. The zero-order valence-corrected chi connectivity index (χ0v) is 15.8.